The van der Waals surface area contributed by atoms with E-state index in [0.29, 0.717) is 12.5 Å². The Hall–Kier alpha value is -1.42. The summed E-state index contributed by atoms with van der Waals surface area (Å²) in [6.45, 7) is 2.01. The minimum absolute atomic E-state index is 0.237. The van der Waals surface area contributed by atoms with Gasteiger partial charge in [0.15, 0.2) is 0 Å². The first kappa shape index (κ1) is 13.0. The third-order valence-corrected chi connectivity index (χ3v) is 3.59. The van der Waals surface area contributed by atoms with Crippen molar-refractivity contribution < 1.29 is 4.79 Å². The maximum atomic E-state index is 12.1. The first-order valence-corrected chi connectivity index (χ1v) is 6.62. The van der Waals surface area contributed by atoms with Crippen molar-refractivity contribution in [2.45, 2.75) is 31.7 Å². The first-order valence-electron chi connectivity index (χ1n) is 6.62. The fourth-order valence-electron chi connectivity index (χ4n) is 2.34. The molecule has 18 heavy (non-hydrogen) atoms. The highest BCUT2D eigenvalue weighted by molar-refractivity contribution is 5.76. The maximum absolute atomic E-state index is 12.1. The molecule has 0 radical (unpaired) electrons. The number of aromatic nitrogens is 1. The molecular weight excluding hydrogens is 226 g/mol. The fourth-order valence-corrected chi connectivity index (χ4v) is 2.34. The average Bonchev–Trinajstić information content (AvgIpc) is 2.46. The molecule has 0 aromatic carbocycles. The number of nitrogens with one attached hydrogen (secondary N) is 1. The van der Waals surface area contributed by atoms with Gasteiger partial charge in [0.2, 0.25) is 5.91 Å². The number of likely N-dealkylation sites (N-methyl/N-ethyl adjacent to an activating group) is 1. The molecule has 1 aliphatic heterocycles. The van der Waals surface area contributed by atoms with Crippen LogP contribution < -0.4 is 5.32 Å². The van der Waals surface area contributed by atoms with Crippen LogP contribution in [-0.2, 0) is 11.2 Å². The number of rotatable bonds is 4. The number of amides is 1. The van der Waals surface area contributed by atoms with Crippen LogP contribution >= 0.6 is 0 Å². The van der Waals surface area contributed by atoms with E-state index in [2.05, 4.69) is 10.3 Å². The molecule has 0 saturated carbocycles. The van der Waals surface area contributed by atoms with Crippen molar-refractivity contribution in [3.8, 4) is 0 Å². The van der Waals surface area contributed by atoms with E-state index in [4.69, 9.17) is 0 Å². The smallest absolute Gasteiger partial charge is 0.222 e. The number of aryl methyl sites for hydroxylation is 1. The number of hydrogen-bond acceptors (Lipinski definition) is 3. The summed E-state index contributed by atoms with van der Waals surface area (Å²) in [4.78, 5) is 18.0. The van der Waals surface area contributed by atoms with Gasteiger partial charge >= 0.3 is 0 Å². The third kappa shape index (κ3) is 3.53. The van der Waals surface area contributed by atoms with E-state index in [1.165, 1.54) is 5.56 Å². The first-order chi connectivity index (χ1) is 8.77. The van der Waals surface area contributed by atoms with Crippen molar-refractivity contribution in [2.75, 3.05) is 20.1 Å². The number of piperidine rings is 1. The van der Waals surface area contributed by atoms with Gasteiger partial charge in [-0.3, -0.25) is 9.78 Å². The molecule has 4 nitrogen and oxygen atoms in total. The van der Waals surface area contributed by atoms with Crippen LogP contribution in [0.4, 0.5) is 0 Å². The van der Waals surface area contributed by atoms with Gasteiger partial charge in [-0.25, -0.2) is 0 Å². The molecular formula is C14H21N3O. The number of carbonyl (C=O) groups is 1. The van der Waals surface area contributed by atoms with E-state index in [9.17, 15) is 4.79 Å². The minimum Gasteiger partial charge on any atom is -0.341 e. The van der Waals surface area contributed by atoms with Gasteiger partial charge in [-0.15, -0.1) is 0 Å². The zero-order valence-corrected chi connectivity index (χ0v) is 10.9. The lowest BCUT2D eigenvalue weighted by Gasteiger charge is -2.31. The van der Waals surface area contributed by atoms with E-state index < -0.39 is 0 Å². The van der Waals surface area contributed by atoms with Crippen molar-refractivity contribution in [1.29, 1.82) is 0 Å². The molecule has 1 amide bonds. The Balaban J connectivity index is 1.80. The number of carbonyl (C=O) groups excluding carboxylic acids is 1. The summed E-state index contributed by atoms with van der Waals surface area (Å²) in [6.07, 6.45) is 7.20. The molecule has 98 valence electrons. The Morgan fingerprint density at radius 1 is 1.50 bits per heavy atom. The fraction of sp³-hybridized carbons (Fsp3) is 0.571. The molecule has 4 heteroatoms. The number of hydrogen-bond donors (Lipinski definition) is 1. The summed E-state index contributed by atoms with van der Waals surface area (Å²) >= 11 is 0. The zero-order valence-electron chi connectivity index (χ0n) is 10.9. The maximum Gasteiger partial charge on any atom is 0.222 e. The standard InChI is InChI=1S/C14H21N3O/c1-17(13-3-2-8-16-11-13)14(18)5-4-12-6-9-15-10-7-12/h6-7,9-10,13,16H,2-5,8,11H2,1H3. The molecule has 0 spiro atoms. The van der Waals surface area contributed by atoms with Gasteiger partial charge < -0.3 is 10.2 Å². The van der Waals surface area contributed by atoms with Gasteiger partial charge in [0.05, 0.1) is 0 Å². The monoisotopic (exact) mass is 247 g/mol. The molecule has 1 fully saturated rings. The van der Waals surface area contributed by atoms with Crippen LogP contribution in [0.3, 0.4) is 0 Å². The van der Waals surface area contributed by atoms with Crippen molar-refractivity contribution in [3.05, 3.63) is 30.1 Å². The van der Waals surface area contributed by atoms with Gasteiger partial charge in [0, 0.05) is 38.4 Å². The normalized spacial score (nSPS) is 19.5. The third-order valence-electron chi connectivity index (χ3n) is 3.59. The molecule has 1 aliphatic rings. The minimum atomic E-state index is 0.237. The van der Waals surface area contributed by atoms with Gasteiger partial charge in [0.1, 0.15) is 0 Å². The second kappa shape index (κ2) is 6.50. The highest BCUT2D eigenvalue weighted by atomic mass is 16.2. The average molecular weight is 247 g/mol. The highest BCUT2D eigenvalue weighted by Gasteiger charge is 2.21. The molecule has 1 atom stereocenters. The van der Waals surface area contributed by atoms with Crippen molar-refractivity contribution in [2.24, 2.45) is 0 Å². The SMILES string of the molecule is CN(C(=O)CCc1ccncc1)C1CCCNC1. The quantitative estimate of drug-likeness (QED) is 0.870. The zero-order chi connectivity index (χ0) is 12.8. The summed E-state index contributed by atoms with van der Waals surface area (Å²) in [6, 6.07) is 4.30. The van der Waals surface area contributed by atoms with Gasteiger partial charge in [-0.2, -0.15) is 0 Å². The molecule has 0 bridgehead atoms. The van der Waals surface area contributed by atoms with Gasteiger partial charge in [-0.05, 0) is 43.5 Å². The van der Waals surface area contributed by atoms with Crippen LogP contribution in [0.1, 0.15) is 24.8 Å². The van der Waals surface area contributed by atoms with Crippen LogP contribution in [-0.4, -0.2) is 42.0 Å². The molecule has 2 heterocycles. The summed E-state index contributed by atoms with van der Waals surface area (Å²) in [5, 5.41) is 3.34. The second-order valence-corrected chi connectivity index (χ2v) is 4.86. The summed E-state index contributed by atoms with van der Waals surface area (Å²) in [5.41, 5.74) is 1.17. The Kier molecular flexibility index (Phi) is 4.70. The van der Waals surface area contributed by atoms with Crippen LogP contribution in [0, 0.1) is 0 Å². The summed E-state index contributed by atoms with van der Waals surface area (Å²) in [7, 11) is 1.92. The van der Waals surface area contributed by atoms with Gasteiger partial charge in [-0.1, -0.05) is 0 Å². The van der Waals surface area contributed by atoms with Crippen molar-refractivity contribution >= 4 is 5.91 Å². The molecule has 1 saturated heterocycles. The van der Waals surface area contributed by atoms with Crippen molar-refractivity contribution in [3.63, 3.8) is 0 Å². The van der Waals surface area contributed by atoms with E-state index in [1.54, 1.807) is 12.4 Å². The van der Waals surface area contributed by atoms with Crippen LogP contribution in [0.25, 0.3) is 0 Å². The van der Waals surface area contributed by atoms with Crippen molar-refractivity contribution in [1.82, 2.24) is 15.2 Å². The Morgan fingerprint density at radius 3 is 2.94 bits per heavy atom. The second-order valence-electron chi connectivity index (χ2n) is 4.86. The molecule has 0 aliphatic carbocycles. The van der Waals surface area contributed by atoms with E-state index in [-0.39, 0.29) is 5.91 Å². The van der Waals surface area contributed by atoms with E-state index in [1.807, 2.05) is 24.1 Å². The Morgan fingerprint density at radius 2 is 2.28 bits per heavy atom. The lowest BCUT2D eigenvalue weighted by molar-refractivity contribution is -0.132. The molecule has 1 aromatic heterocycles. The van der Waals surface area contributed by atoms with Crippen LogP contribution in [0.2, 0.25) is 0 Å². The molecule has 1 aromatic rings. The Bertz CT molecular complexity index is 374. The predicted octanol–water partition coefficient (Wildman–Crippen LogP) is 1.22. The van der Waals surface area contributed by atoms with Crippen LogP contribution in [0.15, 0.2) is 24.5 Å². The number of pyridine rings is 1. The Labute approximate surface area is 108 Å². The predicted molar refractivity (Wildman–Crippen MR) is 71.2 cm³/mol. The lowest BCUT2D eigenvalue weighted by atomic mass is 10.1. The van der Waals surface area contributed by atoms with Gasteiger partial charge in [0.25, 0.3) is 0 Å². The van der Waals surface area contributed by atoms with E-state index >= 15 is 0 Å². The molecule has 1 unspecified atom stereocenters. The molecule has 1 N–H and O–H groups in total. The largest absolute Gasteiger partial charge is 0.341 e. The van der Waals surface area contributed by atoms with Crippen LogP contribution in [0.5, 0.6) is 0 Å². The summed E-state index contributed by atoms with van der Waals surface area (Å²) < 4.78 is 0. The topological polar surface area (TPSA) is 45.2 Å². The summed E-state index contributed by atoms with van der Waals surface area (Å²) in [5.74, 6) is 0.237. The number of nitrogens with zero attached hydrogens (tertiary/aromatic N) is 2. The van der Waals surface area contributed by atoms with E-state index in [0.717, 1.165) is 32.4 Å². The lowest BCUT2D eigenvalue weighted by Crippen LogP contribution is -2.46. The highest BCUT2D eigenvalue weighted by Crippen LogP contribution is 2.11. The molecule has 2 rings (SSSR count).